The van der Waals surface area contributed by atoms with E-state index in [1.807, 2.05) is 0 Å². The van der Waals surface area contributed by atoms with Gasteiger partial charge in [0.25, 0.3) is 0 Å². The highest BCUT2D eigenvalue weighted by Crippen LogP contribution is 2.20. The number of aliphatic hydroxyl groups excluding tert-OH is 1. The Bertz CT molecular complexity index is 268. The minimum absolute atomic E-state index is 0.204. The van der Waals surface area contributed by atoms with Gasteiger partial charge < -0.3 is 15.2 Å². The molecular formula is C5H7N3O3. The normalized spacial score (nSPS) is 12.9. The summed E-state index contributed by atoms with van der Waals surface area (Å²) in [6, 6.07) is 0. The molecule has 1 heterocycles. The van der Waals surface area contributed by atoms with Crippen LogP contribution in [0.4, 0.5) is 5.82 Å². The molecular weight excluding hydrogens is 150 g/mol. The van der Waals surface area contributed by atoms with E-state index in [2.05, 4.69) is 10.2 Å². The zero-order valence-electron chi connectivity index (χ0n) is 5.81. The Morgan fingerprint density at radius 3 is 2.91 bits per heavy atom. The number of nitro groups is 1. The van der Waals surface area contributed by atoms with Crippen LogP contribution in [-0.2, 0) is 0 Å². The van der Waals surface area contributed by atoms with Crippen molar-refractivity contribution in [2.24, 2.45) is 0 Å². The van der Waals surface area contributed by atoms with Gasteiger partial charge in [0.2, 0.25) is 0 Å². The van der Waals surface area contributed by atoms with Crippen LogP contribution in [0.1, 0.15) is 18.6 Å². The number of rotatable bonds is 2. The molecule has 1 aromatic heterocycles. The Morgan fingerprint density at radius 2 is 2.55 bits per heavy atom. The minimum atomic E-state index is -0.867. The van der Waals surface area contributed by atoms with E-state index in [1.54, 1.807) is 0 Å². The molecule has 6 heteroatoms. The number of aliphatic hydroxyl groups is 1. The average molecular weight is 157 g/mol. The summed E-state index contributed by atoms with van der Waals surface area (Å²) in [7, 11) is 0. The second kappa shape index (κ2) is 2.67. The lowest BCUT2D eigenvalue weighted by molar-refractivity contribution is -0.390. The van der Waals surface area contributed by atoms with Crippen LogP contribution in [0, 0.1) is 10.1 Å². The average Bonchev–Trinajstić information content (AvgIpc) is 2.32. The van der Waals surface area contributed by atoms with Crippen LogP contribution in [0.15, 0.2) is 6.20 Å². The van der Waals surface area contributed by atoms with Crippen LogP contribution in [0.2, 0.25) is 0 Å². The number of aromatic amines is 1. The van der Waals surface area contributed by atoms with Crippen molar-refractivity contribution < 1.29 is 10.0 Å². The van der Waals surface area contributed by atoms with Gasteiger partial charge in [-0.25, -0.2) is 0 Å². The number of hydrogen-bond donors (Lipinski definition) is 2. The van der Waals surface area contributed by atoms with Gasteiger partial charge in [-0.15, -0.1) is 5.10 Å². The molecule has 0 saturated carbocycles. The number of hydrogen-bond acceptors (Lipinski definition) is 4. The van der Waals surface area contributed by atoms with Crippen LogP contribution in [0.3, 0.4) is 0 Å². The predicted octanol–water partition coefficient (Wildman–Crippen LogP) is 0.371. The van der Waals surface area contributed by atoms with Crippen LogP contribution in [0.5, 0.6) is 0 Å². The molecule has 1 atom stereocenters. The van der Waals surface area contributed by atoms with Crippen LogP contribution < -0.4 is 0 Å². The van der Waals surface area contributed by atoms with Crippen molar-refractivity contribution in [1.82, 2.24) is 10.2 Å². The van der Waals surface area contributed by atoms with E-state index in [0.29, 0.717) is 0 Å². The highest BCUT2D eigenvalue weighted by atomic mass is 16.6. The van der Waals surface area contributed by atoms with E-state index in [0.717, 1.165) is 0 Å². The Morgan fingerprint density at radius 1 is 1.91 bits per heavy atom. The third-order valence-electron chi connectivity index (χ3n) is 1.28. The third-order valence-corrected chi connectivity index (χ3v) is 1.28. The molecule has 0 radical (unpaired) electrons. The SMILES string of the molecule is C[C@@H](O)c1cn[nH]c1[N+](=O)[O-]. The molecule has 0 unspecified atom stereocenters. The van der Waals surface area contributed by atoms with Crippen molar-refractivity contribution in [2.45, 2.75) is 13.0 Å². The van der Waals surface area contributed by atoms with Gasteiger partial charge in [-0.1, -0.05) is 5.10 Å². The van der Waals surface area contributed by atoms with Crippen molar-refractivity contribution in [3.63, 3.8) is 0 Å². The molecule has 0 aromatic carbocycles. The Labute approximate surface area is 62.0 Å². The first-order chi connectivity index (χ1) is 5.13. The molecule has 1 aromatic rings. The molecule has 0 fully saturated rings. The molecule has 0 saturated heterocycles. The fourth-order valence-corrected chi connectivity index (χ4v) is 0.741. The second-order valence-corrected chi connectivity index (χ2v) is 2.11. The number of nitrogens with one attached hydrogen (secondary N) is 1. The van der Waals surface area contributed by atoms with E-state index in [1.165, 1.54) is 13.1 Å². The van der Waals surface area contributed by atoms with E-state index in [9.17, 15) is 10.1 Å². The fraction of sp³-hybridized carbons (Fsp3) is 0.400. The first-order valence-corrected chi connectivity index (χ1v) is 2.98. The summed E-state index contributed by atoms with van der Waals surface area (Å²) in [5, 5.41) is 24.8. The number of nitrogens with zero attached hydrogens (tertiary/aromatic N) is 2. The van der Waals surface area contributed by atoms with Gasteiger partial charge in [-0.05, 0) is 11.8 Å². The van der Waals surface area contributed by atoms with Gasteiger partial charge in [-0.2, -0.15) is 0 Å². The molecule has 0 bridgehead atoms. The lowest BCUT2D eigenvalue weighted by Gasteiger charge is -1.98. The predicted molar refractivity (Wildman–Crippen MR) is 35.9 cm³/mol. The Kier molecular flexibility index (Phi) is 1.86. The highest BCUT2D eigenvalue weighted by Gasteiger charge is 2.18. The summed E-state index contributed by atoms with van der Waals surface area (Å²) < 4.78 is 0. The summed E-state index contributed by atoms with van der Waals surface area (Å²) in [5.74, 6) is -0.250. The Hall–Kier alpha value is -1.43. The lowest BCUT2D eigenvalue weighted by Crippen LogP contribution is -1.96. The van der Waals surface area contributed by atoms with Gasteiger partial charge in [-0.3, -0.25) is 0 Å². The first kappa shape index (κ1) is 7.67. The van der Waals surface area contributed by atoms with Gasteiger partial charge in [0.05, 0.1) is 17.9 Å². The zero-order chi connectivity index (χ0) is 8.43. The minimum Gasteiger partial charge on any atom is -0.388 e. The maximum Gasteiger partial charge on any atom is 0.348 e. The topological polar surface area (TPSA) is 92.1 Å². The van der Waals surface area contributed by atoms with Gasteiger partial charge >= 0.3 is 5.82 Å². The van der Waals surface area contributed by atoms with Crippen molar-refractivity contribution >= 4 is 5.82 Å². The monoisotopic (exact) mass is 157 g/mol. The molecule has 0 aliphatic heterocycles. The first-order valence-electron chi connectivity index (χ1n) is 2.98. The maximum absolute atomic E-state index is 10.2. The molecule has 0 spiro atoms. The molecule has 0 aliphatic carbocycles. The molecule has 11 heavy (non-hydrogen) atoms. The summed E-state index contributed by atoms with van der Waals surface area (Å²) >= 11 is 0. The van der Waals surface area contributed by atoms with E-state index in [-0.39, 0.29) is 11.4 Å². The molecule has 60 valence electrons. The quantitative estimate of drug-likeness (QED) is 0.479. The molecule has 0 aliphatic rings. The largest absolute Gasteiger partial charge is 0.388 e. The molecule has 0 amide bonds. The van der Waals surface area contributed by atoms with Crippen LogP contribution >= 0.6 is 0 Å². The number of H-pyrrole nitrogens is 1. The molecule has 2 N–H and O–H groups in total. The maximum atomic E-state index is 10.2. The van der Waals surface area contributed by atoms with Gasteiger partial charge in [0, 0.05) is 0 Å². The van der Waals surface area contributed by atoms with Gasteiger partial charge in [0.15, 0.2) is 0 Å². The Balaban J connectivity index is 3.06. The fourth-order valence-electron chi connectivity index (χ4n) is 0.741. The van der Waals surface area contributed by atoms with Crippen molar-refractivity contribution in [1.29, 1.82) is 0 Å². The smallest absolute Gasteiger partial charge is 0.348 e. The van der Waals surface area contributed by atoms with Gasteiger partial charge in [0.1, 0.15) is 0 Å². The lowest BCUT2D eigenvalue weighted by atomic mass is 10.2. The molecule has 6 nitrogen and oxygen atoms in total. The summed E-state index contributed by atoms with van der Waals surface area (Å²) in [4.78, 5) is 9.59. The standard InChI is InChI=1S/C5H7N3O3/c1-3(9)4-2-6-7-5(4)8(10)11/h2-3,9H,1H3,(H,6,7)/t3-/m1/s1. The van der Waals surface area contributed by atoms with Crippen molar-refractivity contribution in [3.05, 3.63) is 21.9 Å². The van der Waals surface area contributed by atoms with Crippen molar-refractivity contribution in [3.8, 4) is 0 Å². The summed E-state index contributed by atoms with van der Waals surface area (Å²) in [5.41, 5.74) is 0.204. The third kappa shape index (κ3) is 1.35. The number of aromatic nitrogens is 2. The summed E-state index contributed by atoms with van der Waals surface area (Å²) in [6.07, 6.45) is 0.372. The second-order valence-electron chi connectivity index (χ2n) is 2.11. The van der Waals surface area contributed by atoms with E-state index in [4.69, 9.17) is 5.11 Å². The molecule has 1 rings (SSSR count). The zero-order valence-corrected chi connectivity index (χ0v) is 5.81. The van der Waals surface area contributed by atoms with Crippen LogP contribution in [-0.4, -0.2) is 20.2 Å². The van der Waals surface area contributed by atoms with Crippen LogP contribution in [0.25, 0.3) is 0 Å². The van der Waals surface area contributed by atoms with Crippen molar-refractivity contribution in [2.75, 3.05) is 0 Å². The van der Waals surface area contributed by atoms with E-state index >= 15 is 0 Å². The van der Waals surface area contributed by atoms with E-state index < -0.39 is 11.0 Å². The summed E-state index contributed by atoms with van der Waals surface area (Å²) in [6.45, 7) is 1.44. The highest BCUT2D eigenvalue weighted by molar-refractivity contribution is 5.30.